The number of hydrogen-bond donors (Lipinski definition) is 3. The number of rotatable bonds is 11. The molecule has 2 amide bonds. The van der Waals surface area contributed by atoms with Gasteiger partial charge in [-0.25, -0.2) is 14.5 Å². The molecule has 2 bridgehead atoms. The van der Waals surface area contributed by atoms with Crippen LogP contribution in [0.4, 0.5) is 0 Å². The third kappa shape index (κ3) is 6.82. The number of carboxylic acid groups (broad SMARTS) is 2. The Kier molecular flexibility index (Phi) is 11.8. The molecule has 14 heteroatoms. The monoisotopic (exact) mass is 782 g/mol. The van der Waals surface area contributed by atoms with Crippen molar-refractivity contribution in [1.82, 2.24) is 10.2 Å². The maximum absolute atomic E-state index is 13.3. The number of nitrogens with zero attached hydrogens (tertiary/aromatic N) is 1. The summed E-state index contributed by atoms with van der Waals surface area (Å²) in [5.74, 6) is -3.16. The van der Waals surface area contributed by atoms with E-state index in [1.807, 2.05) is 44.2 Å². The van der Waals surface area contributed by atoms with Crippen molar-refractivity contribution in [2.75, 3.05) is 19.5 Å². The fourth-order valence-electron chi connectivity index (χ4n) is 9.11. The maximum Gasteiger partial charge on any atom is 0.352 e. The van der Waals surface area contributed by atoms with Crippen molar-refractivity contribution >= 4 is 53.2 Å². The number of thioether (sulfide) groups is 1. The van der Waals surface area contributed by atoms with E-state index in [9.17, 15) is 29.4 Å². The van der Waals surface area contributed by atoms with Gasteiger partial charge in [-0.2, -0.15) is 4.89 Å². The van der Waals surface area contributed by atoms with Crippen LogP contribution >= 0.6 is 23.4 Å². The summed E-state index contributed by atoms with van der Waals surface area (Å²) < 4.78 is 12.5. The van der Waals surface area contributed by atoms with E-state index in [2.05, 4.69) is 19.2 Å². The summed E-state index contributed by atoms with van der Waals surface area (Å²) in [6, 6.07) is 11.6. The first-order chi connectivity index (χ1) is 25.9. The lowest BCUT2D eigenvalue weighted by Gasteiger charge is -2.65. The van der Waals surface area contributed by atoms with Gasteiger partial charge in [-0.3, -0.25) is 14.5 Å². The third-order valence-corrected chi connectivity index (χ3v) is 12.9. The number of aliphatic carboxylic acids is 2. The second-order valence-corrected chi connectivity index (χ2v) is 16.0. The second-order valence-electron chi connectivity index (χ2n) is 14.5. The molecule has 5 aliphatic rings. The molecule has 8 unspecified atom stereocenters. The summed E-state index contributed by atoms with van der Waals surface area (Å²) in [6.07, 6.45) is 6.40. The predicted molar refractivity (Wildman–Crippen MR) is 202 cm³/mol. The first-order valence-corrected chi connectivity index (χ1v) is 19.8. The van der Waals surface area contributed by atoms with Gasteiger partial charge in [0.05, 0.1) is 11.4 Å². The Morgan fingerprint density at radius 3 is 2.44 bits per heavy atom. The number of hydrogen-bond acceptors (Lipinski definition) is 9. The van der Waals surface area contributed by atoms with Crippen molar-refractivity contribution in [3.63, 3.8) is 0 Å². The predicted octanol–water partition coefficient (Wildman–Crippen LogP) is 6.42. The Bertz CT molecular complexity index is 1850. The molecule has 2 saturated heterocycles. The largest absolute Gasteiger partial charge is 0.487 e. The summed E-state index contributed by atoms with van der Waals surface area (Å²) in [6.45, 7) is 8.13. The summed E-state index contributed by atoms with van der Waals surface area (Å²) in [5.41, 5.74) is 0.836. The van der Waals surface area contributed by atoms with E-state index in [1.54, 1.807) is 19.2 Å². The first kappa shape index (κ1) is 39.8. The van der Waals surface area contributed by atoms with Crippen LogP contribution in [0.25, 0.3) is 6.08 Å². The smallest absolute Gasteiger partial charge is 0.352 e. The molecular weight excluding hydrogens is 736 g/mol. The fourth-order valence-corrected chi connectivity index (χ4v) is 10.8. The molecule has 54 heavy (non-hydrogen) atoms. The van der Waals surface area contributed by atoms with E-state index < -0.39 is 40.6 Å². The van der Waals surface area contributed by atoms with Gasteiger partial charge in [0.2, 0.25) is 5.91 Å². The van der Waals surface area contributed by atoms with Crippen LogP contribution in [0, 0.1) is 23.7 Å². The molecular formula is C40H47ClN2O10S. The Morgan fingerprint density at radius 1 is 1.06 bits per heavy atom. The van der Waals surface area contributed by atoms with Gasteiger partial charge in [0.25, 0.3) is 11.7 Å². The molecule has 2 saturated carbocycles. The lowest BCUT2D eigenvalue weighted by molar-refractivity contribution is -0.641. The number of fused-ring (bicyclic) bond motifs is 4. The van der Waals surface area contributed by atoms with Crippen LogP contribution in [0.1, 0.15) is 70.1 Å². The lowest BCUT2D eigenvalue weighted by Crippen LogP contribution is -2.74. The van der Waals surface area contributed by atoms with E-state index in [4.69, 9.17) is 30.8 Å². The fraction of sp³-hybridized carbons (Fsp3) is 0.500. The molecule has 2 aromatic rings. The van der Waals surface area contributed by atoms with Crippen LogP contribution < -0.4 is 10.1 Å². The molecule has 12 nitrogen and oxygen atoms in total. The number of carbonyl (C=O) groups excluding carboxylic acids is 2. The minimum atomic E-state index is -1.38. The minimum absolute atomic E-state index is 0.0703. The number of β-lactam (4-membered cyclic amide) rings is 1. The number of amides is 2. The molecule has 0 radical (unpaired) electrons. The van der Waals surface area contributed by atoms with Crippen molar-refractivity contribution in [3.8, 4) is 5.75 Å². The van der Waals surface area contributed by atoms with Crippen LogP contribution in [0.2, 0.25) is 5.02 Å². The lowest BCUT2D eigenvalue weighted by atomic mass is 9.54. The quantitative estimate of drug-likeness (QED) is 0.131. The van der Waals surface area contributed by atoms with E-state index in [0.29, 0.717) is 28.5 Å². The molecule has 7 rings (SSSR count). The normalized spacial score (nSPS) is 31.1. The summed E-state index contributed by atoms with van der Waals surface area (Å²) in [4.78, 5) is 63.4. The number of carbonyl (C=O) groups is 4. The van der Waals surface area contributed by atoms with Crippen molar-refractivity contribution in [1.29, 1.82) is 0 Å². The molecule has 2 aromatic carbocycles. The standard InChI is InChI=1S/C38H41ClN2O10S.C2H6/c1-20-13-23-15-21(2)37(26(14-20)16-23)38(48-3,51-50-37)27-11-9-24(10-12-29(43)44)33(30(27)39)49-18-25-19-52-35-31(34(45)41(35)32(25)36(46)47)40-28(42)17-22-7-5-4-6-8-22;1-2/h4-12,20-21,23,26,31,35H,13-19H2,1-3H3,(H,40,42)(H,43,44)(H,46,47);1-2H3/b12-10+;. The Morgan fingerprint density at radius 2 is 1.80 bits per heavy atom. The molecule has 290 valence electrons. The maximum atomic E-state index is 13.3. The number of benzene rings is 2. The van der Waals surface area contributed by atoms with Crippen LogP contribution in [0.3, 0.4) is 0 Å². The summed E-state index contributed by atoms with van der Waals surface area (Å²) >= 11 is 8.50. The topological polar surface area (TPSA) is 161 Å². The van der Waals surface area contributed by atoms with Gasteiger partial charge in [0, 0.05) is 35.6 Å². The highest BCUT2D eigenvalue weighted by Crippen LogP contribution is 2.65. The molecule has 8 atom stereocenters. The molecule has 3 heterocycles. The zero-order valence-corrected chi connectivity index (χ0v) is 32.6. The average Bonchev–Trinajstić information content (AvgIpc) is 3.13. The number of carboxylic acids is 2. The molecule has 1 spiro atoms. The van der Waals surface area contributed by atoms with E-state index >= 15 is 0 Å². The van der Waals surface area contributed by atoms with Crippen LogP contribution in [-0.4, -0.2) is 75.4 Å². The van der Waals surface area contributed by atoms with Gasteiger partial charge in [0.15, 0.2) is 5.60 Å². The third-order valence-electron chi connectivity index (χ3n) is 11.2. The van der Waals surface area contributed by atoms with Gasteiger partial charge < -0.3 is 25.0 Å². The average molecular weight is 783 g/mol. The van der Waals surface area contributed by atoms with Crippen molar-refractivity contribution in [2.45, 2.75) is 82.6 Å². The number of ether oxygens (including phenoxy) is 2. The van der Waals surface area contributed by atoms with Crippen LogP contribution in [-0.2, 0) is 45.9 Å². The molecule has 0 aromatic heterocycles. The molecule has 3 N–H and O–H groups in total. The van der Waals surface area contributed by atoms with E-state index in [-0.39, 0.29) is 53.0 Å². The number of halogens is 1. The van der Waals surface area contributed by atoms with Gasteiger partial charge in [-0.1, -0.05) is 81.8 Å². The van der Waals surface area contributed by atoms with E-state index in [1.165, 1.54) is 29.2 Å². The van der Waals surface area contributed by atoms with E-state index in [0.717, 1.165) is 30.9 Å². The zero-order valence-electron chi connectivity index (χ0n) is 31.0. The van der Waals surface area contributed by atoms with Gasteiger partial charge in [0.1, 0.15) is 29.5 Å². The summed E-state index contributed by atoms with van der Waals surface area (Å²) in [5, 5.41) is 22.0. The number of nitrogens with one attached hydrogen (secondary N) is 1. The highest BCUT2D eigenvalue weighted by atomic mass is 35.5. The highest BCUT2D eigenvalue weighted by Gasteiger charge is 2.74. The van der Waals surface area contributed by atoms with Crippen molar-refractivity contribution in [3.05, 3.63) is 81.5 Å². The second kappa shape index (κ2) is 16.1. The Hall–Kier alpha value is -3.88. The first-order valence-electron chi connectivity index (χ1n) is 18.4. The van der Waals surface area contributed by atoms with Gasteiger partial charge >= 0.3 is 11.9 Å². The van der Waals surface area contributed by atoms with Gasteiger partial charge in [-0.15, -0.1) is 11.8 Å². The molecule has 3 aliphatic heterocycles. The van der Waals surface area contributed by atoms with Crippen molar-refractivity contribution < 1.29 is 48.6 Å². The SMILES string of the molecule is CC.COC1(c2ccc(/C=C/C(=O)O)c(OCC3=C(C(=O)O)N4C(=O)C(NC(=O)Cc5ccccc5)C4SC3)c2Cl)OOC12C(C)CC1CC(C)CC2C1. The number of methoxy groups -OCH3 is 1. The minimum Gasteiger partial charge on any atom is -0.487 e. The molecule has 4 fully saturated rings. The van der Waals surface area contributed by atoms with Crippen LogP contribution in [0.5, 0.6) is 5.75 Å². The highest BCUT2D eigenvalue weighted by molar-refractivity contribution is 8.00. The van der Waals surface area contributed by atoms with Crippen LogP contribution in [0.15, 0.2) is 59.8 Å². The zero-order chi connectivity index (χ0) is 38.9. The Labute approximate surface area is 324 Å². The van der Waals surface area contributed by atoms with Gasteiger partial charge in [-0.05, 0) is 61.0 Å². The molecule has 2 aliphatic carbocycles. The summed E-state index contributed by atoms with van der Waals surface area (Å²) in [7, 11) is 1.55. The van der Waals surface area contributed by atoms with Crippen molar-refractivity contribution in [2.24, 2.45) is 23.7 Å². The Balaban J connectivity index is 0.00000245.